The molecule has 0 heterocycles. The first-order valence-corrected chi connectivity index (χ1v) is 10.8. The van der Waals surface area contributed by atoms with E-state index in [1.165, 1.54) is 0 Å². The van der Waals surface area contributed by atoms with Crippen LogP contribution in [-0.2, 0) is 21.7 Å². The van der Waals surface area contributed by atoms with Crippen LogP contribution in [0.25, 0.3) is 0 Å². The van der Waals surface area contributed by atoms with Gasteiger partial charge in [-0.2, -0.15) is 0 Å². The van der Waals surface area contributed by atoms with Crippen LogP contribution < -0.4 is 20.4 Å². The monoisotopic (exact) mass is 452 g/mol. The molecule has 176 valence electrons. The van der Waals surface area contributed by atoms with Crippen molar-refractivity contribution in [1.29, 1.82) is 0 Å². The second-order valence-corrected chi connectivity index (χ2v) is 10.6. The van der Waals surface area contributed by atoms with E-state index >= 15 is 0 Å². The van der Waals surface area contributed by atoms with Crippen molar-refractivity contribution in [2.45, 2.75) is 109 Å². The minimum atomic E-state index is 0. The van der Waals surface area contributed by atoms with Crippen LogP contribution in [0.3, 0.4) is 0 Å². The molecule has 4 nitrogen and oxygen atoms in total. The third-order valence-electron chi connectivity index (χ3n) is 5.39. The second-order valence-electron chi connectivity index (χ2n) is 10.6. The molecule has 0 rings (SSSR count). The fourth-order valence-electron chi connectivity index (χ4n) is 0.408. The van der Waals surface area contributed by atoms with Gasteiger partial charge in [0.05, 0.1) is 0 Å². The SMILES string of the molecule is CCC(C)(C)C[O-].CCC(C)(C)C[O-].CCC(C)(C)C[O-].CCC(C)(C)C[O-].[Ti+4]. The van der Waals surface area contributed by atoms with Crippen LogP contribution in [-0.4, -0.2) is 26.4 Å². The van der Waals surface area contributed by atoms with E-state index in [1.54, 1.807) is 0 Å². The van der Waals surface area contributed by atoms with Crippen LogP contribution in [0.5, 0.6) is 0 Å². The molecule has 0 fully saturated rings. The molecule has 0 aliphatic heterocycles. The summed E-state index contributed by atoms with van der Waals surface area (Å²) in [7, 11) is 0. The maximum Gasteiger partial charge on any atom is 4.00 e. The first-order chi connectivity index (χ1) is 12.5. The Hall–Kier alpha value is 0.554. The number of hydrogen-bond acceptors (Lipinski definition) is 4. The van der Waals surface area contributed by atoms with E-state index in [-0.39, 0.29) is 69.8 Å². The topological polar surface area (TPSA) is 92.2 Å². The molecule has 29 heavy (non-hydrogen) atoms. The normalized spacial score (nSPS) is 11.6. The molecule has 0 unspecified atom stereocenters. The van der Waals surface area contributed by atoms with E-state index in [0.29, 0.717) is 0 Å². The van der Waals surface area contributed by atoms with Gasteiger partial charge in [-0.15, -0.1) is 26.4 Å². The van der Waals surface area contributed by atoms with E-state index in [4.69, 9.17) is 0 Å². The molecule has 0 aliphatic carbocycles. The molecule has 0 saturated heterocycles. The molecule has 0 aromatic carbocycles. The zero-order valence-corrected chi connectivity index (χ0v) is 23.4. The van der Waals surface area contributed by atoms with Gasteiger partial charge in [0.25, 0.3) is 0 Å². The smallest absolute Gasteiger partial charge is 0.854 e. The second kappa shape index (κ2) is 20.5. The van der Waals surface area contributed by atoms with Gasteiger partial charge in [0, 0.05) is 0 Å². The van der Waals surface area contributed by atoms with Gasteiger partial charge in [-0.3, -0.25) is 0 Å². The summed E-state index contributed by atoms with van der Waals surface area (Å²) in [6, 6.07) is 0. The van der Waals surface area contributed by atoms with Crippen molar-refractivity contribution >= 4 is 0 Å². The molecule has 0 spiro atoms. The van der Waals surface area contributed by atoms with Crippen molar-refractivity contribution in [3.8, 4) is 0 Å². The van der Waals surface area contributed by atoms with Crippen LogP contribution in [0, 0.1) is 21.7 Å². The van der Waals surface area contributed by atoms with Gasteiger partial charge in [0.15, 0.2) is 0 Å². The summed E-state index contributed by atoms with van der Waals surface area (Å²) < 4.78 is 0. The van der Waals surface area contributed by atoms with Crippen molar-refractivity contribution in [2.75, 3.05) is 26.4 Å². The summed E-state index contributed by atoms with van der Waals surface area (Å²) in [5.74, 6) is 0. The fourth-order valence-corrected chi connectivity index (χ4v) is 0.408. The van der Waals surface area contributed by atoms with Crippen LogP contribution >= 0.6 is 0 Å². The number of hydrogen-bond donors (Lipinski definition) is 0. The van der Waals surface area contributed by atoms with Gasteiger partial charge in [0.2, 0.25) is 0 Å². The summed E-state index contributed by atoms with van der Waals surface area (Å²) in [6.07, 6.45) is 3.93. The van der Waals surface area contributed by atoms with Gasteiger partial charge >= 0.3 is 21.7 Å². The predicted molar refractivity (Wildman–Crippen MR) is 116 cm³/mol. The fraction of sp³-hybridized carbons (Fsp3) is 1.00. The van der Waals surface area contributed by atoms with Crippen molar-refractivity contribution < 1.29 is 42.1 Å². The van der Waals surface area contributed by atoms with E-state index in [2.05, 4.69) is 0 Å². The first kappa shape index (κ1) is 40.0. The largest absolute Gasteiger partial charge is 4.00 e. The molecule has 0 atom stereocenters. The van der Waals surface area contributed by atoms with Gasteiger partial charge < -0.3 is 20.4 Å². The molecular formula is C24H52O4Ti. The summed E-state index contributed by atoms with van der Waals surface area (Å²) in [5, 5.41) is 40.7. The first-order valence-electron chi connectivity index (χ1n) is 10.8. The summed E-state index contributed by atoms with van der Waals surface area (Å²) >= 11 is 0. The Morgan fingerprint density at radius 2 is 0.483 bits per heavy atom. The third kappa shape index (κ3) is 33.4. The summed E-state index contributed by atoms with van der Waals surface area (Å²) in [6.45, 7) is 24.2. The van der Waals surface area contributed by atoms with Gasteiger partial charge in [-0.05, 0) is 0 Å². The average Bonchev–Trinajstić information content (AvgIpc) is 2.69. The van der Waals surface area contributed by atoms with Gasteiger partial charge in [-0.25, -0.2) is 0 Å². The van der Waals surface area contributed by atoms with Crippen molar-refractivity contribution in [3.63, 3.8) is 0 Å². The summed E-state index contributed by atoms with van der Waals surface area (Å²) in [4.78, 5) is 0. The van der Waals surface area contributed by atoms with Crippen molar-refractivity contribution in [3.05, 3.63) is 0 Å². The average molecular weight is 453 g/mol. The van der Waals surface area contributed by atoms with E-state index < -0.39 is 0 Å². The third-order valence-corrected chi connectivity index (χ3v) is 5.39. The number of rotatable bonds is 8. The minimum absolute atomic E-state index is 0. The van der Waals surface area contributed by atoms with Crippen LogP contribution in [0.4, 0.5) is 0 Å². The Morgan fingerprint density at radius 1 is 0.379 bits per heavy atom. The minimum Gasteiger partial charge on any atom is -0.854 e. The Bertz CT molecular complexity index is 239. The Kier molecular flexibility index (Phi) is 28.2. The van der Waals surface area contributed by atoms with Gasteiger partial charge in [0.1, 0.15) is 0 Å². The molecule has 5 heteroatoms. The van der Waals surface area contributed by atoms with E-state index in [1.807, 2.05) is 83.1 Å². The van der Waals surface area contributed by atoms with Crippen LogP contribution in [0.2, 0.25) is 0 Å². The molecular weight excluding hydrogens is 400 g/mol. The summed E-state index contributed by atoms with van der Waals surface area (Å²) in [5.41, 5.74) is 0.111. The zero-order valence-electron chi connectivity index (χ0n) is 21.8. The molecule has 0 N–H and O–H groups in total. The quantitative estimate of drug-likeness (QED) is 0.529. The Balaban J connectivity index is -0.0000000873. The predicted octanol–water partition coefficient (Wildman–Crippen LogP) is 3.13. The van der Waals surface area contributed by atoms with Crippen molar-refractivity contribution in [1.82, 2.24) is 0 Å². The molecule has 0 aliphatic rings. The standard InChI is InChI=1S/4C6H13O.Ti/c4*1-4-6(2,3)5-7;/h4*4-5H2,1-3H3;/q4*-1;+4. The molecule has 0 aromatic heterocycles. The van der Waals surface area contributed by atoms with Gasteiger partial charge in [-0.1, -0.05) is 130 Å². The maximum absolute atomic E-state index is 10.2. The molecule has 0 aromatic rings. The molecule has 0 amide bonds. The van der Waals surface area contributed by atoms with Crippen LogP contribution in [0.1, 0.15) is 109 Å². The van der Waals surface area contributed by atoms with Crippen LogP contribution in [0.15, 0.2) is 0 Å². The van der Waals surface area contributed by atoms with E-state index in [9.17, 15) is 20.4 Å². The molecule has 0 bridgehead atoms. The maximum atomic E-state index is 10.2. The van der Waals surface area contributed by atoms with Crippen molar-refractivity contribution in [2.24, 2.45) is 21.7 Å². The Morgan fingerprint density at radius 3 is 0.483 bits per heavy atom. The molecule has 0 radical (unpaired) electrons. The molecule has 0 saturated carbocycles. The van der Waals surface area contributed by atoms with E-state index in [0.717, 1.165) is 25.7 Å². The zero-order chi connectivity index (χ0) is 23.7. The Labute approximate surface area is 198 Å².